The smallest absolute Gasteiger partial charge is 0.254 e. The Morgan fingerprint density at radius 3 is 2.63 bits per heavy atom. The Kier molecular flexibility index (Phi) is 7.23. The molecule has 2 aromatic rings. The number of hydrogen-bond donors (Lipinski definition) is 2. The minimum Gasteiger partial charge on any atom is -0.493 e. The minimum atomic E-state index is -0.177. The van der Waals surface area contributed by atoms with Crippen molar-refractivity contribution in [3.8, 4) is 17.1 Å². The van der Waals surface area contributed by atoms with Crippen LogP contribution in [0, 0.1) is 13.8 Å². The van der Waals surface area contributed by atoms with Crippen LogP contribution < -0.4 is 15.6 Å². The summed E-state index contributed by atoms with van der Waals surface area (Å²) in [5.74, 6) is 0.999. The monoisotopic (exact) mass is 413 g/mol. The number of likely N-dealkylation sites (N-methyl/N-ethyl adjacent to an activating group) is 1. The van der Waals surface area contributed by atoms with E-state index in [4.69, 9.17) is 4.74 Å². The molecule has 8 nitrogen and oxygen atoms in total. The Morgan fingerprint density at radius 2 is 1.97 bits per heavy atom. The first-order chi connectivity index (χ1) is 14.4. The maximum atomic E-state index is 12.5. The molecule has 2 N–H and O–H groups in total. The third kappa shape index (κ3) is 5.46. The number of aromatic amines is 1. The second-order valence-corrected chi connectivity index (χ2v) is 7.81. The molecule has 1 aromatic carbocycles. The lowest BCUT2D eigenvalue weighted by molar-refractivity contribution is -0.117. The summed E-state index contributed by atoms with van der Waals surface area (Å²) in [6, 6.07) is 5.43. The molecule has 1 aliphatic rings. The van der Waals surface area contributed by atoms with Gasteiger partial charge >= 0.3 is 0 Å². The fourth-order valence-corrected chi connectivity index (χ4v) is 3.31. The highest BCUT2D eigenvalue weighted by Crippen LogP contribution is 2.30. The van der Waals surface area contributed by atoms with Crippen molar-refractivity contribution in [2.45, 2.75) is 27.2 Å². The molecule has 1 amide bonds. The first-order valence-electron chi connectivity index (χ1n) is 10.4. The van der Waals surface area contributed by atoms with Crippen molar-refractivity contribution in [2.24, 2.45) is 0 Å². The number of carbonyl (C=O) groups is 1. The van der Waals surface area contributed by atoms with Crippen molar-refractivity contribution in [3.05, 3.63) is 39.8 Å². The lowest BCUT2D eigenvalue weighted by Gasteiger charge is -2.31. The highest BCUT2D eigenvalue weighted by atomic mass is 16.5. The van der Waals surface area contributed by atoms with E-state index < -0.39 is 0 Å². The van der Waals surface area contributed by atoms with Gasteiger partial charge in [0.05, 0.1) is 18.7 Å². The van der Waals surface area contributed by atoms with Gasteiger partial charge in [0.1, 0.15) is 11.6 Å². The highest BCUT2D eigenvalue weighted by molar-refractivity contribution is 5.93. The number of nitrogens with one attached hydrogen (secondary N) is 2. The molecule has 0 spiro atoms. The van der Waals surface area contributed by atoms with Crippen LogP contribution in [0.4, 0.5) is 5.69 Å². The van der Waals surface area contributed by atoms with E-state index in [2.05, 4.69) is 32.1 Å². The van der Waals surface area contributed by atoms with E-state index in [1.54, 1.807) is 13.0 Å². The van der Waals surface area contributed by atoms with E-state index in [1.807, 2.05) is 26.0 Å². The Hall–Kier alpha value is -2.71. The zero-order chi connectivity index (χ0) is 21.7. The van der Waals surface area contributed by atoms with Gasteiger partial charge in [0.15, 0.2) is 0 Å². The number of piperazine rings is 1. The fourth-order valence-electron chi connectivity index (χ4n) is 3.31. The van der Waals surface area contributed by atoms with Crippen LogP contribution in [-0.2, 0) is 4.79 Å². The minimum absolute atomic E-state index is 0.0609. The molecule has 1 aliphatic heterocycles. The van der Waals surface area contributed by atoms with Crippen LogP contribution in [-0.4, -0.2) is 72.1 Å². The van der Waals surface area contributed by atoms with Gasteiger partial charge in [-0.05, 0) is 45.5 Å². The van der Waals surface area contributed by atoms with Crippen molar-refractivity contribution < 1.29 is 9.53 Å². The van der Waals surface area contributed by atoms with E-state index in [9.17, 15) is 9.59 Å². The number of aryl methyl sites for hydroxylation is 1. The average molecular weight is 414 g/mol. The molecule has 1 saturated heterocycles. The molecule has 0 saturated carbocycles. The molecule has 0 unspecified atom stereocenters. The number of amides is 1. The van der Waals surface area contributed by atoms with Crippen LogP contribution in [0.5, 0.6) is 5.75 Å². The number of carbonyl (C=O) groups excluding carboxylic acids is 1. The highest BCUT2D eigenvalue weighted by Gasteiger charge is 2.18. The first kappa shape index (κ1) is 22.0. The maximum absolute atomic E-state index is 12.5. The number of rotatable bonds is 7. The topological polar surface area (TPSA) is 90.6 Å². The molecular weight excluding hydrogens is 382 g/mol. The lowest BCUT2D eigenvalue weighted by atomic mass is 10.1. The Morgan fingerprint density at radius 1 is 1.23 bits per heavy atom. The van der Waals surface area contributed by atoms with Crippen LogP contribution in [0.2, 0.25) is 0 Å². The van der Waals surface area contributed by atoms with Gasteiger partial charge in [-0.25, -0.2) is 4.98 Å². The van der Waals surface area contributed by atoms with Crippen molar-refractivity contribution in [3.63, 3.8) is 0 Å². The van der Waals surface area contributed by atoms with Gasteiger partial charge in [-0.2, -0.15) is 0 Å². The van der Waals surface area contributed by atoms with Crippen molar-refractivity contribution in [1.82, 2.24) is 19.8 Å². The van der Waals surface area contributed by atoms with Gasteiger partial charge in [-0.3, -0.25) is 14.5 Å². The number of benzene rings is 1. The van der Waals surface area contributed by atoms with Crippen LogP contribution >= 0.6 is 0 Å². The fraction of sp³-hybridized carbons (Fsp3) is 0.500. The summed E-state index contributed by atoms with van der Waals surface area (Å²) in [5.41, 5.74) is 2.38. The molecule has 30 heavy (non-hydrogen) atoms. The van der Waals surface area contributed by atoms with Crippen LogP contribution in [0.1, 0.15) is 24.6 Å². The van der Waals surface area contributed by atoms with Crippen molar-refractivity contribution in [2.75, 3.05) is 51.7 Å². The Labute approximate surface area is 177 Å². The van der Waals surface area contributed by atoms with Gasteiger partial charge in [-0.1, -0.05) is 6.92 Å². The van der Waals surface area contributed by atoms with Crippen molar-refractivity contribution >= 4 is 11.6 Å². The summed E-state index contributed by atoms with van der Waals surface area (Å²) in [6.07, 6.45) is 0.861. The number of ether oxygens (including phenoxy) is 1. The molecule has 162 valence electrons. The van der Waals surface area contributed by atoms with E-state index in [-0.39, 0.29) is 11.5 Å². The number of aromatic nitrogens is 2. The molecule has 2 heterocycles. The second kappa shape index (κ2) is 9.86. The summed E-state index contributed by atoms with van der Waals surface area (Å²) >= 11 is 0. The Bertz CT molecular complexity index is 948. The largest absolute Gasteiger partial charge is 0.493 e. The molecule has 8 heteroatoms. The molecule has 0 radical (unpaired) electrons. The first-order valence-corrected chi connectivity index (χ1v) is 10.4. The van der Waals surface area contributed by atoms with Gasteiger partial charge in [-0.15, -0.1) is 0 Å². The zero-order valence-electron chi connectivity index (χ0n) is 18.2. The summed E-state index contributed by atoms with van der Waals surface area (Å²) in [6.45, 7) is 10.2. The van der Waals surface area contributed by atoms with Gasteiger partial charge in [0.25, 0.3) is 5.56 Å². The van der Waals surface area contributed by atoms with Crippen molar-refractivity contribution in [1.29, 1.82) is 0 Å². The number of H-pyrrole nitrogens is 1. The predicted octanol–water partition coefficient (Wildman–Crippen LogP) is 2.03. The number of anilines is 1. The third-order valence-electron chi connectivity index (χ3n) is 5.34. The molecular formula is C22H31N5O3. The number of nitrogens with zero attached hydrogens (tertiary/aromatic N) is 3. The van der Waals surface area contributed by atoms with E-state index in [1.165, 1.54) is 0 Å². The van der Waals surface area contributed by atoms with E-state index >= 15 is 0 Å². The molecule has 1 aromatic heterocycles. The van der Waals surface area contributed by atoms with Gasteiger partial charge in [0, 0.05) is 43.1 Å². The zero-order valence-corrected chi connectivity index (χ0v) is 18.2. The number of hydrogen-bond acceptors (Lipinski definition) is 6. The standard InChI is InChI=1S/C22H31N5O3/c1-5-12-30-19-7-6-17(24-20(28)14-27-10-8-26(4)9-11-27)13-18(19)21-23-16(3)15(2)22(29)25-21/h6-7,13H,5,8-12,14H2,1-4H3,(H,24,28)(H,23,25,29). The SMILES string of the molecule is CCCOc1ccc(NC(=O)CN2CCN(C)CC2)cc1-c1nc(C)c(C)c(=O)[nH]1. The normalized spacial score (nSPS) is 15.2. The van der Waals surface area contributed by atoms with Gasteiger partial charge in [0.2, 0.25) is 5.91 Å². The molecule has 0 aliphatic carbocycles. The Balaban J connectivity index is 1.82. The third-order valence-corrected chi connectivity index (χ3v) is 5.34. The average Bonchev–Trinajstić information content (AvgIpc) is 2.72. The quantitative estimate of drug-likeness (QED) is 0.722. The predicted molar refractivity (Wildman–Crippen MR) is 118 cm³/mol. The molecule has 3 rings (SSSR count). The van der Waals surface area contributed by atoms with Crippen LogP contribution in [0.3, 0.4) is 0 Å². The molecule has 0 atom stereocenters. The second-order valence-electron chi connectivity index (χ2n) is 7.81. The summed E-state index contributed by atoms with van der Waals surface area (Å²) < 4.78 is 5.85. The summed E-state index contributed by atoms with van der Waals surface area (Å²) in [5, 5.41) is 2.96. The summed E-state index contributed by atoms with van der Waals surface area (Å²) in [4.78, 5) is 36.6. The molecule has 0 bridgehead atoms. The summed E-state index contributed by atoms with van der Waals surface area (Å²) in [7, 11) is 2.09. The van der Waals surface area contributed by atoms with E-state index in [0.29, 0.717) is 47.2 Å². The van der Waals surface area contributed by atoms with Crippen LogP contribution in [0.25, 0.3) is 11.4 Å². The van der Waals surface area contributed by atoms with Crippen LogP contribution in [0.15, 0.2) is 23.0 Å². The molecule has 1 fully saturated rings. The maximum Gasteiger partial charge on any atom is 0.254 e. The van der Waals surface area contributed by atoms with Gasteiger partial charge < -0.3 is 19.9 Å². The lowest BCUT2D eigenvalue weighted by Crippen LogP contribution is -2.47. The van der Waals surface area contributed by atoms with E-state index in [0.717, 1.165) is 32.6 Å².